The number of halogens is 1. The van der Waals surface area contributed by atoms with Crippen LogP contribution in [0.1, 0.15) is 16.7 Å². The number of carbonyl (C=O) groups excluding carboxylic acids is 1. The summed E-state index contributed by atoms with van der Waals surface area (Å²) in [6.07, 6.45) is 1.59. The summed E-state index contributed by atoms with van der Waals surface area (Å²) in [7, 11) is 0. The lowest BCUT2D eigenvalue weighted by atomic mass is 10.1. The molecule has 0 atom stereocenters. The van der Waals surface area contributed by atoms with Gasteiger partial charge in [0.15, 0.2) is 6.61 Å². The van der Waals surface area contributed by atoms with E-state index in [2.05, 4.69) is 10.5 Å². The third-order valence-electron chi connectivity index (χ3n) is 3.12. The van der Waals surface area contributed by atoms with Gasteiger partial charge in [0, 0.05) is 10.7 Å². The molecule has 0 radical (unpaired) electrons. The minimum atomic E-state index is -0.285. The second-order valence-electron chi connectivity index (χ2n) is 4.87. The molecule has 0 aliphatic heterocycles. The molecule has 0 fully saturated rings. The molecule has 22 heavy (non-hydrogen) atoms. The van der Waals surface area contributed by atoms with Gasteiger partial charge in [0.2, 0.25) is 0 Å². The van der Waals surface area contributed by atoms with Crippen LogP contribution in [0.5, 0.6) is 0 Å². The number of aryl methyl sites for hydroxylation is 2. The van der Waals surface area contributed by atoms with Gasteiger partial charge in [-0.05, 0) is 42.7 Å². The maximum Gasteiger partial charge on any atom is 0.265 e. The topological polar surface area (TPSA) is 50.7 Å². The van der Waals surface area contributed by atoms with Gasteiger partial charge >= 0.3 is 0 Å². The SMILES string of the molecule is Cc1ccccc1/C=N/OCC(=O)Nc1cc(Cl)ccc1C. The van der Waals surface area contributed by atoms with Crippen LogP contribution in [0.2, 0.25) is 5.02 Å². The largest absolute Gasteiger partial charge is 0.386 e. The van der Waals surface area contributed by atoms with Crippen molar-refractivity contribution in [2.45, 2.75) is 13.8 Å². The fourth-order valence-corrected chi connectivity index (χ4v) is 2.01. The van der Waals surface area contributed by atoms with E-state index < -0.39 is 0 Å². The lowest BCUT2D eigenvalue weighted by Gasteiger charge is -2.08. The van der Waals surface area contributed by atoms with Gasteiger partial charge in [0.25, 0.3) is 5.91 Å². The predicted molar refractivity (Wildman–Crippen MR) is 89.5 cm³/mol. The van der Waals surface area contributed by atoms with E-state index in [1.165, 1.54) is 0 Å². The molecule has 114 valence electrons. The minimum Gasteiger partial charge on any atom is -0.386 e. The summed E-state index contributed by atoms with van der Waals surface area (Å²) in [4.78, 5) is 16.8. The number of amides is 1. The molecule has 1 N–H and O–H groups in total. The Morgan fingerprint density at radius 1 is 1.23 bits per heavy atom. The predicted octanol–water partition coefficient (Wildman–Crippen LogP) is 3.95. The maximum absolute atomic E-state index is 11.8. The number of carbonyl (C=O) groups is 1. The van der Waals surface area contributed by atoms with Crippen molar-refractivity contribution in [2.24, 2.45) is 5.16 Å². The molecule has 1 amide bonds. The van der Waals surface area contributed by atoms with E-state index in [1.54, 1.807) is 18.3 Å². The van der Waals surface area contributed by atoms with E-state index in [4.69, 9.17) is 16.4 Å². The first-order chi connectivity index (χ1) is 10.6. The lowest BCUT2D eigenvalue weighted by molar-refractivity contribution is -0.120. The summed E-state index contributed by atoms with van der Waals surface area (Å²) >= 11 is 5.90. The molecule has 0 aromatic heterocycles. The molecule has 2 rings (SSSR count). The highest BCUT2D eigenvalue weighted by Crippen LogP contribution is 2.19. The van der Waals surface area contributed by atoms with Gasteiger partial charge in [-0.15, -0.1) is 0 Å². The number of anilines is 1. The van der Waals surface area contributed by atoms with E-state index in [1.807, 2.05) is 44.2 Å². The highest BCUT2D eigenvalue weighted by atomic mass is 35.5. The van der Waals surface area contributed by atoms with Crippen LogP contribution in [-0.4, -0.2) is 18.7 Å². The van der Waals surface area contributed by atoms with Crippen LogP contribution in [0, 0.1) is 13.8 Å². The number of benzene rings is 2. The molecule has 4 nitrogen and oxygen atoms in total. The number of hydrogen-bond donors (Lipinski definition) is 1. The van der Waals surface area contributed by atoms with Crippen molar-refractivity contribution in [3.8, 4) is 0 Å². The second-order valence-corrected chi connectivity index (χ2v) is 5.31. The van der Waals surface area contributed by atoms with E-state index in [-0.39, 0.29) is 12.5 Å². The minimum absolute atomic E-state index is 0.158. The molecule has 2 aromatic rings. The molecule has 0 unspecified atom stereocenters. The summed E-state index contributed by atoms with van der Waals surface area (Å²) < 4.78 is 0. The zero-order chi connectivity index (χ0) is 15.9. The first kappa shape index (κ1) is 16.0. The third-order valence-corrected chi connectivity index (χ3v) is 3.36. The van der Waals surface area contributed by atoms with Crippen LogP contribution >= 0.6 is 11.6 Å². The number of nitrogens with zero attached hydrogens (tertiary/aromatic N) is 1. The second kappa shape index (κ2) is 7.61. The Balaban J connectivity index is 1.86. The van der Waals surface area contributed by atoms with Gasteiger partial charge in [0.05, 0.1) is 6.21 Å². The third kappa shape index (κ3) is 4.60. The van der Waals surface area contributed by atoms with E-state index in [9.17, 15) is 4.79 Å². The fraction of sp³-hybridized carbons (Fsp3) is 0.176. The summed E-state index contributed by atoms with van der Waals surface area (Å²) in [6.45, 7) is 3.72. The molecular formula is C17H17ClN2O2. The first-order valence-corrected chi connectivity index (χ1v) is 7.21. The van der Waals surface area contributed by atoms with Crippen molar-refractivity contribution in [3.05, 3.63) is 64.2 Å². The summed E-state index contributed by atoms with van der Waals surface area (Å²) in [5, 5.41) is 7.12. The number of rotatable bonds is 5. The summed E-state index contributed by atoms with van der Waals surface area (Å²) in [6, 6.07) is 13.1. The van der Waals surface area contributed by atoms with Crippen molar-refractivity contribution in [1.82, 2.24) is 0 Å². The molecule has 5 heteroatoms. The fourth-order valence-electron chi connectivity index (χ4n) is 1.84. The Kier molecular flexibility index (Phi) is 5.55. The average Bonchev–Trinajstić information content (AvgIpc) is 2.49. The van der Waals surface area contributed by atoms with Crippen molar-refractivity contribution in [3.63, 3.8) is 0 Å². The van der Waals surface area contributed by atoms with Gasteiger partial charge in [-0.1, -0.05) is 47.1 Å². The smallest absolute Gasteiger partial charge is 0.265 e. The van der Waals surface area contributed by atoms with Gasteiger partial charge in [0.1, 0.15) is 0 Å². The zero-order valence-corrected chi connectivity index (χ0v) is 13.2. The lowest BCUT2D eigenvalue weighted by Crippen LogP contribution is -2.17. The molecular weight excluding hydrogens is 300 g/mol. The van der Waals surface area contributed by atoms with Gasteiger partial charge in [-0.2, -0.15) is 0 Å². The highest BCUT2D eigenvalue weighted by Gasteiger charge is 2.05. The Labute approximate surface area is 134 Å². The quantitative estimate of drug-likeness (QED) is 0.671. The van der Waals surface area contributed by atoms with E-state index >= 15 is 0 Å². The van der Waals surface area contributed by atoms with Gasteiger partial charge in [-0.3, -0.25) is 4.79 Å². The van der Waals surface area contributed by atoms with Crippen molar-refractivity contribution < 1.29 is 9.63 Å². The van der Waals surface area contributed by atoms with Crippen molar-refractivity contribution >= 4 is 29.4 Å². The maximum atomic E-state index is 11.8. The summed E-state index contributed by atoms with van der Waals surface area (Å²) in [5.74, 6) is -0.285. The Hall–Kier alpha value is -2.33. The Morgan fingerprint density at radius 2 is 2.00 bits per heavy atom. The molecule has 0 aliphatic carbocycles. The molecule has 0 saturated heterocycles. The van der Waals surface area contributed by atoms with E-state index in [0.29, 0.717) is 10.7 Å². The molecule has 0 spiro atoms. The van der Waals surface area contributed by atoms with Crippen LogP contribution in [0.4, 0.5) is 5.69 Å². The Bertz CT molecular complexity index is 699. The van der Waals surface area contributed by atoms with Crippen molar-refractivity contribution in [1.29, 1.82) is 0 Å². The number of nitrogens with one attached hydrogen (secondary N) is 1. The van der Waals surface area contributed by atoms with Crippen LogP contribution in [-0.2, 0) is 9.63 Å². The highest BCUT2D eigenvalue weighted by molar-refractivity contribution is 6.31. The van der Waals surface area contributed by atoms with Crippen molar-refractivity contribution in [2.75, 3.05) is 11.9 Å². The molecule has 0 bridgehead atoms. The zero-order valence-electron chi connectivity index (χ0n) is 12.5. The average molecular weight is 317 g/mol. The molecule has 0 saturated carbocycles. The summed E-state index contributed by atoms with van der Waals surface area (Å²) in [5.41, 5.74) is 3.65. The monoisotopic (exact) mass is 316 g/mol. The number of oxime groups is 1. The van der Waals surface area contributed by atoms with Gasteiger partial charge < -0.3 is 10.2 Å². The molecule has 0 aliphatic rings. The number of hydrogen-bond acceptors (Lipinski definition) is 3. The normalized spacial score (nSPS) is 10.7. The van der Waals surface area contributed by atoms with Crippen LogP contribution < -0.4 is 5.32 Å². The molecule has 0 heterocycles. The standard InChI is InChI=1S/C17H17ClN2O2/c1-12-5-3-4-6-14(12)10-19-22-11-17(21)20-16-9-15(18)8-7-13(16)2/h3-10H,11H2,1-2H3,(H,20,21)/b19-10+. The first-order valence-electron chi connectivity index (χ1n) is 6.83. The van der Waals surface area contributed by atoms with Crippen LogP contribution in [0.15, 0.2) is 47.6 Å². The molecule has 2 aromatic carbocycles. The Morgan fingerprint density at radius 3 is 2.77 bits per heavy atom. The van der Waals surface area contributed by atoms with E-state index in [0.717, 1.165) is 16.7 Å². The van der Waals surface area contributed by atoms with Crippen LogP contribution in [0.3, 0.4) is 0 Å². The van der Waals surface area contributed by atoms with Crippen LogP contribution in [0.25, 0.3) is 0 Å². The van der Waals surface area contributed by atoms with Gasteiger partial charge in [-0.25, -0.2) is 0 Å².